The molecular formula is C6H17N. The van der Waals surface area contributed by atoms with Crippen molar-refractivity contribution in [2.24, 2.45) is 5.73 Å². The molecule has 1 nitrogen and oxygen atoms in total. The topological polar surface area (TPSA) is 26.0 Å². The van der Waals surface area contributed by atoms with E-state index >= 15 is 0 Å². The van der Waals surface area contributed by atoms with Crippen molar-refractivity contribution in [3.8, 4) is 0 Å². The van der Waals surface area contributed by atoms with Crippen LogP contribution in [0, 0.1) is 0 Å². The second-order valence-electron chi connectivity index (χ2n) is 1.96. The van der Waals surface area contributed by atoms with Crippen molar-refractivity contribution < 1.29 is 1.43 Å². The Morgan fingerprint density at radius 2 is 2.14 bits per heavy atom. The molecule has 0 aromatic rings. The molecule has 1 atom stereocenters. The number of nitrogens with two attached hydrogens (primary N) is 1. The quantitative estimate of drug-likeness (QED) is 0.578. The predicted octanol–water partition coefficient (Wildman–Crippen LogP) is 1.77. The number of hydrogen-bond acceptors (Lipinski definition) is 1. The summed E-state index contributed by atoms with van der Waals surface area (Å²) in [7, 11) is 0. The summed E-state index contributed by atoms with van der Waals surface area (Å²) in [4.78, 5) is 0. The first kappa shape index (κ1) is 6.96. The first-order valence-electron chi connectivity index (χ1n) is 3.06. The lowest BCUT2D eigenvalue weighted by molar-refractivity contribution is 0.587. The Hall–Kier alpha value is -0.0400. The minimum Gasteiger partial charge on any atom is -0.328 e. The van der Waals surface area contributed by atoms with Gasteiger partial charge >= 0.3 is 0 Å². The molecule has 0 bridgehead atoms. The van der Waals surface area contributed by atoms with Crippen LogP contribution in [0.1, 0.15) is 34.5 Å². The molecule has 0 amide bonds. The maximum atomic E-state index is 5.58. The van der Waals surface area contributed by atoms with Crippen LogP contribution in [0.2, 0.25) is 0 Å². The van der Waals surface area contributed by atoms with Crippen LogP contribution in [0.15, 0.2) is 0 Å². The van der Waals surface area contributed by atoms with Gasteiger partial charge in [0.1, 0.15) is 0 Å². The highest BCUT2D eigenvalue weighted by atomic mass is 14.6. The molecule has 7 heavy (non-hydrogen) atoms. The van der Waals surface area contributed by atoms with Crippen molar-refractivity contribution in [3.63, 3.8) is 0 Å². The highest BCUT2D eigenvalue weighted by Crippen LogP contribution is 1.95. The first-order chi connectivity index (χ1) is 3.31. The molecule has 0 aliphatic carbocycles. The summed E-state index contributed by atoms with van der Waals surface area (Å²) in [5.41, 5.74) is 5.58. The molecule has 0 heterocycles. The van der Waals surface area contributed by atoms with E-state index in [1.807, 2.05) is 0 Å². The molecule has 0 unspecified atom stereocenters. The zero-order valence-electron chi connectivity index (χ0n) is 5.28. The lowest BCUT2D eigenvalue weighted by Gasteiger charge is -2.03. The van der Waals surface area contributed by atoms with Gasteiger partial charge in [-0.3, -0.25) is 0 Å². The average Bonchev–Trinajstić information content (AvgIpc) is 1.68. The fourth-order valence-electron chi connectivity index (χ4n) is 0.575. The van der Waals surface area contributed by atoms with Gasteiger partial charge in [0, 0.05) is 7.47 Å². The van der Waals surface area contributed by atoms with Gasteiger partial charge in [0.15, 0.2) is 0 Å². The van der Waals surface area contributed by atoms with Gasteiger partial charge in [-0.1, -0.05) is 20.3 Å². The van der Waals surface area contributed by atoms with Gasteiger partial charge in [-0.25, -0.2) is 0 Å². The van der Waals surface area contributed by atoms with Crippen molar-refractivity contribution in [2.75, 3.05) is 0 Å². The summed E-state index contributed by atoms with van der Waals surface area (Å²) in [5.74, 6) is 0. The van der Waals surface area contributed by atoms with E-state index in [1.54, 1.807) is 0 Å². The van der Waals surface area contributed by atoms with Crippen LogP contribution in [-0.4, -0.2) is 6.04 Å². The largest absolute Gasteiger partial charge is 0.328 e. The maximum Gasteiger partial charge on any atom is 0.00361 e. The van der Waals surface area contributed by atoms with Crippen LogP contribution >= 0.6 is 0 Å². The third kappa shape index (κ3) is 3.80. The molecule has 0 fully saturated rings. The standard InChI is InChI=1S/C6H15N.H2/c1-3-5-6(7)4-2;/h6H,3-5,7H2,1-2H3;1H/t6-;/m0./s1. The molecule has 0 aromatic carbocycles. The van der Waals surface area contributed by atoms with E-state index in [0.29, 0.717) is 6.04 Å². The second-order valence-corrected chi connectivity index (χ2v) is 1.96. The Morgan fingerprint density at radius 3 is 2.29 bits per heavy atom. The normalized spacial score (nSPS) is 14.1. The summed E-state index contributed by atoms with van der Waals surface area (Å²) in [6, 6.07) is 0.449. The van der Waals surface area contributed by atoms with Gasteiger partial charge in [-0.15, -0.1) is 0 Å². The molecule has 0 saturated heterocycles. The number of rotatable bonds is 3. The van der Waals surface area contributed by atoms with Crippen molar-refractivity contribution in [3.05, 3.63) is 0 Å². The Balaban J connectivity index is 0. The van der Waals surface area contributed by atoms with Crippen LogP contribution in [0.3, 0.4) is 0 Å². The molecule has 0 radical (unpaired) electrons. The fraction of sp³-hybridized carbons (Fsp3) is 1.00. The highest BCUT2D eigenvalue weighted by molar-refractivity contribution is 4.54. The Labute approximate surface area is 47.4 Å². The molecule has 46 valence electrons. The van der Waals surface area contributed by atoms with E-state index in [4.69, 9.17) is 5.73 Å². The zero-order valence-corrected chi connectivity index (χ0v) is 5.28. The van der Waals surface area contributed by atoms with Gasteiger partial charge in [-0.2, -0.15) is 0 Å². The number of hydrogen-bond donors (Lipinski definition) is 1. The Kier molecular flexibility index (Phi) is 4.10. The molecule has 0 aliphatic rings. The molecule has 0 spiro atoms. The van der Waals surface area contributed by atoms with E-state index in [9.17, 15) is 0 Å². The van der Waals surface area contributed by atoms with E-state index in [1.165, 1.54) is 12.8 Å². The van der Waals surface area contributed by atoms with E-state index in [2.05, 4.69) is 13.8 Å². The van der Waals surface area contributed by atoms with Gasteiger partial charge < -0.3 is 5.73 Å². The SMILES string of the molecule is CCC[C@@H](N)CC.[HH]. The molecule has 0 aromatic heterocycles. The summed E-state index contributed by atoms with van der Waals surface area (Å²) < 4.78 is 0. The first-order valence-corrected chi connectivity index (χ1v) is 3.06. The molecule has 1 heteroatoms. The van der Waals surface area contributed by atoms with E-state index in [0.717, 1.165) is 6.42 Å². The zero-order chi connectivity index (χ0) is 5.70. The second kappa shape index (κ2) is 4.13. The van der Waals surface area contributed by atoms with Crippen LogP contribution in [0.4, 0.5) is 0 Å². The Morgan fingerprint density at radius 1 is 1.57 bits per heavy atom. The lowest BCUT2D eigenvalue weighted by atomic mass is 10.1. The van der Waals surface area contributed by atoms with Crippen molar-refractivity contribution in [1.29, 1.82) is 0 Å². The Bertz CT molecular complexity index is 39.5. The summed E-state index contributed by atoms with van der Waals surface area (Å²) in [6.07, 6.45) is 3.51. The molecule has 0 rings (SSSR count). The average molecular weight is 103 g/mol. The van der Waals surface area contributed by atoms with Crippen LogP contribution in [0.25, 0.3) is 0 Å². The summed E-state index contributed by atoms with van der Waals surface area (Å²) in [6.45, 7) is 4.29. The highest BCUT2D eigenvalue weighted by Gasteiger charge is 1.92. The smallest absolute Gasteiger partial charge is 0.00361 e. The molecular weight excluding hydrogens is 86.1 g/mol. The molecule has 0 saturated carbocycles. The predicted molar refractivity (Wildman–Crippen MR) is 35.3 cm³/mol. The fourth-order valence-corrected chi connectivity index (χ4v) is 0.575. The third-order valence-corrected chi connectivity index (χ3v) is 1.18. The summed E-state index contributed by atoms with van der Waals surface area (Å²) in [5, 5.41) is 0. The van der Waals surface area contributed by atoms with Gasteiger partial charge in [0.25, 0.3) is 0 Å². The van der Waals surface area contributed by atoms with Gasteiger partial charge in [0.05, 0.1) is 0 Å². The van der Waals surface area contributed by atoms with Gasteiger partial charge in [-0.05, 0) is 12.8 Å². The molecule has 0 aliphatic heterocycles. The third-order valence-electron chi connectivity index (χ3n) is 1.18. The monoisotopic (exact) mass is 103 g/mol. The van der Waals surface area contributed by atoms with Crippen LogP contribution < -0.4 is 5.73 Å². The van der Waals surface area contributed by atoms with Crippen molar-refractivity contribution in [2.45, 2.75) is 39.2 Å². The van der Waals surface area contributed by atoms with Crippen LogP contribution in [0.5, 0.6) is 0 Å². The van der Waals surface area contributed by atoms with Crippen LogP contribution in [-0.2, 0) is 0 Å². The molecule has 2 N–H and O–H groups in total. The van der Waals surface area contributed by atoms with E-state index < -0.39 is 0 Å². The van der Waals surface area contributed by atoms with E-state index in [-0.39, 0.29) is 1.43 Å². The summed E-state index contributed by atoms with van der Waals surface area (Å²) >= 11 is 0. The maximum absolute atomic E-state index is 5.58. The minimum absolute atomic E-state index is 0. The van der Waals surface area contributed by atoms with Crippen molar-refractivity contribution >= 4 is 0 Å². The minimum atomic E-state index is 0. The van der Waals surface area contributed by atoms with Crippen molar-refractivity contribution in [1.82, 2.24) is 0 Å². The lowest BCUT2D eigenvalue weighted by Crippen LogP contribution is -2.17. The van der Waals surface area contributed by atoms with Gasteiger partial charge in [0.2, 0.25) is 0 Å².